The highest BCUT2D eigenvalue weighted by molar-refractivity contribution is 5.43. The number of hydrogen-bond donors (Lipinski definition) is 0. The number of hydrogen-bond acceptors (Lipinski definition) is 4. The molecule has 0 aliphatic heterocycles. The maximum absolute atomic E-state index is 8.90. The lowest BCUT2D eigenvalue weighted by Crippen LogP contribution is -2.01. The highest BCUT2D eigenvalue weighted by Crippen LogP contribution is 2.23. The van der Waals surface area contributed by atoms with Gasteiger partial charge in [0.2, 0.25) is 0 Å². The molecular weight excluding hydrogens is 230 g/mol. The van der Waals surface area contributed by atoms with Crippen LogP contribution < -0.4 is 9.47 Å². The number of benzene rings is 1. The lowest BCUT2D eigenvalue weighted by Gasteiger charge is -2.08. The summed E-state index contributed by atoms with van der Waals surface area (Å²) < 4.78 is 12.6. The molecule has 0 saturated heterocycles. The number of aryl methyl sites for hydroxylation is 1. The predicted molar refractivity (Wildman–Crippen MR) is 65.2 cm³/mol. The average Bonchev–Trinajstić information content (AvgIpc) is 2.81. The topological polar surface area (TPSA) is 60.1 Å². The van der Waals surface area contributed by atoms with Crippen LogP contribution in [0.25, 0.3) is 0 Å². The molecule has 92 valence electrons. The number of nitriles is 1. The Morgan fingerprint density at radius 1 is 1.33 bits per heavy atom. The SMILES string of the molecule is COc1cc(C#N)cc(OCc2cncn2C)c1. The Balaban J connectivity index is 2.14. The van der Waals surface area contributed by atoms with Crippen LogP contribution in [0, 0.1) is 11.3 Å². The molecule has 0 unspecified atom stereocenters. The maximum atomic E-state index is 8.90. The van der Waals surface area contributed by atoms with Crippen molar-refractivity contribution in [3.05, 3.63) is 42.0 Å². The Bertz CT molecular complexity index is 584. The van der Waals surface area contributed by atoms with E-state index in [4.69, 9.17) is 14.7 Å². The first-order valence-corrected chi connectivity index (χ1v) is 5.40. The molecule has 1 heterocycles. The van der Waals surface area contributed by atoms with Gasteiger partial charge in [-0.05, 0) is 12.1 Å². The smallest absolute Gasteiger partial charge is 0.130 e. The Labute approximate surface area is 105 Å². The second-order valence-corrected chi connectivity index (χ2v) is 3.79. The standard InChI is InChI=1S/C13H13N3O2/c1-16-9-15-7-11(16)8-18-13-4-10(6-14)3-12(5-13)17-2/h3-5,7,9H,8H2,1-2H3. The Hall–Kier alpha value is -2.48. The molecule has 0 aliphatic carbocycles. The maximum Gasteiger partial charge on any atom is 0.130 e. The van der Waals surface area contributed by atoms with E-state index < -0.39 is 0 Å². The fraction of sp³-hybridized carbons (Fsp3) is 0.231. The van der Waals surface area contributed by atoms with Gasteiger partial charge in [-0.3, -0.25) is 0 Å². The third-order valence-electron chi connectivity index (χ3n) is 2.55. The van der Waals surface area contributed by atoms with Crippen LogP contribution in [0.3, 0.4) is 0 Å². The van der Waals surface area contributed by atoms with E-state index in [0.29, 0.717) is 23.7 Å². The molecule has 0 N–H and O–H groups in total. The largest absolute Gasteiger partial charge is 0.497 e. The molecule has 0 spiro atoms. The van der Waals surface area contributed by atoms with E-state index in [0.717, 1.165) is 5.69 Å². The van der Waals surface area contributed by atoms with Crippen molar-refractivity contribution in [2.45, 2.75) is 6.61 Å². The summed E-state index contributed by atoms with van der Waals surface area (Å²) >= 11 is 0. The summed E-state index contributed by atoms with van der Waals surface area (Å²) in [5.74, 6) is 1.21. The summed E-state index contributed by atoms with van der Waals surface area (Å²) in [6, 6.07) is 7.16. The lowest BCUT2D eigenvalue weighted by atomic mass is 10.2. The number of imidazole rings is 1. The minimum absolute atomic E-state index is 0.397. The van der Waals surface area contributed by atoms with Gasteiger partial charge in [0.15, 0.2) is 0 Å². The van der Waals surface area contributed by atoms with Crippen LogP contribution >= 0.6 is 0 Å². The second-order valence-electron chi connectivity index (χ2n) is 3.79. The van der Waals surface area contributed by atoms with E-state index in [1.54, 1.807) is 37.8 Å². The zero-order valence-corrected chi connectivity index (χ0v) is 10.3. The summed E-state index contributed by atoms with van der Waals surface area (Å²) in [5, 5.41) is 8.90. The van der Waals surface area contributed by atoms with Gasteiger partial charge < -0.3 is 14.0 Å². The monoisotopic (exact) mass is 243 g/mol. The van der Waals surface area contributed by atoms with Crippen molar-refractivity contribution in [2.75, 3.05) is 7.11 Å². The van der Waals surface area contributed by atoms with E-state index in [1.807, 2.05) is 11.6 Å². The van der Waals surface area contributed by atoms with E-state index >= 15 is 0 Å². The fourth-order valence-electron chi connectivity index (χ4n) is 1.52. The van der Waals surface area contributed by atoms with Crippen molar-refractivity contribution in [3.63, 3.8) is 0 Å². The third kappa shape index (κ3) is 2.61. The van der Waals surface area contributed by atoms with Crippen LogP contribution in [0.1, 0.15) is 11.3 Å². The van der Waals surface area contributed by atoms with Gasteiger partial charge in [-0.25, -0.2) is 4.98 Å². The minimum Gasteiger partial charge on any atom is -0.497 e. The molecule has 1 aromatic heterocycles. The number of nitrogens with zero attached hydrogens (tertiary/aromatic N) is 3. The lowest BCUT2D eigenvalue weighted by molar-refractivity contribution is 0.295. The van der Waals surface area contributed by atoms with Gasteiger partial charge in [0.05, 0.1) is 37.0 Å². The first kappa shape index (κ1) is 12.0. The van der Waals surface area contributed by atoms with Gasteiger partial charge in [-0.1, -0.05) is 0 Å². The quantitative estimate of drug-likeness (QED) is 0.822. The fourth-order valence-corrected chi connectivity index (χ4v) is 1.52. The predicted octanol–water partition coefficient (Wildman–Crippen LogP) is 1.88. The first-order chi connectivity index (χ1) is 8.72. The van der Waals surface area contributed by atoms with Crippen molar-refractivity contribution in [3.8, 4) is 17.6 Å². The van der Waals surface area contributed by atoms with E-state index in [-0.39, 0.29) is 0 Å². The van der Waals surface area contributed by atoms with Gasteiger partial charge in [-0.2, -0.15) is 5.26 Å². The molecule has 5 heteroatoms. The minimum atomic E-state index is 0.397. The van der Waals surface area contributed by atoms with Gasteiger partial charge in [0.1, 0.15) is 18.1 Å². The second kappa shape index (κ2) is 5.23. The van der Waals surface area contributed by atoms with Gasteiger partial charge >= 0.3 is 0 Å². The number of methoxy groups -OCH3 is 1. The van der Waals surface area contributed by atoms with E-state index in [1.165, 1.54) is 0 Å². The molecule has 0 radical (unpaired) electrons. The molecule has 5 nitrogen and oxygen atoms in total. The molecular formula is C13H13N3O2. The third-order valence-corrected chi connectivity index (χ3v) is 2.55. The number of aromatic nitrogens is 2. The molecule has 18 heavy (non-hydrogen) atoms. The Kier molecular flexibility index (Phi) is 3.49. The van der Waals surface area contributed by atoms with E-state index in [9.17, 15) is 0 Å². The van der Waals surface area contributed by atoms with Crippen molar-refractivity contribution in [1.29, 1.82) is 5.26 Å². The summed E-state index contributed by atoms with van der Waals surface area (Å²) in [6.45, 7) is 0.397. The van der Waals surface area contributed by atoms with Crippen LogP contribution in [-0.2, 0) is 13.7 Å². The summed E-state index contributed by atoms with van der Waals surface area (Å²) in [4.78, 5) is 4.01. The van der Waals surface area contributed by atoms with E-state index in [2.05, 4.69) is 11.1 Å². The van der Waals surface area contributed by atoms with Gasteiger partial charge in [0, 0.05) is 13.1 Å². The molecule has 1 aromatic carbocycles. The number of rotatable bonds is 4. The highest BCUT2D eigenvalue weighted by atomic mass is 16.5. The molecule has 0 amide bonds. The van der Waals surface area contributed by atoms with Crippen molar-refractivity contribution >= 4 is 0 Å². The normalized spacial score (nSPS) is 9.83. The summed E-state index contributed by atoms with van der Waals surface area (Å²) in [7, 11) is 3.46. The molecule has 0 aliphatic rings. The molecule has 0 saturated carbocycles. The molecule has 2 aromatic rings. The van der Waals surface area contributed by atoms with Crippen LogP contribution in [0.15, 0.2) is 30.7 Å². The van der Waals surface area contributed by atoms with Gasteiger partial charge in [0.25, 0.3) is 0 Å². The van der Waals surface area contributed by atoms with Crippen LogP contribution in [-0.4, -0.2) is 16.7 Å². The zero-order valence-electron chi connectivity index (χ0n) is 10.3. The van der Waals surface area contributed by atoms with Crippen LogP contribution in [0.2, 0.25) is 0 Å². The highest BCUT2D eigenvalue weighted by Gasteiger charge is 2.04. The summed E-state index contributed by atoms with van der Waals surface area (Å²) in [5.41, 5.74) is 1.46. The average molecular weight is 243 g/mol. The molecule has 0 atom stereocenters. The molecule has 0 bridgehead atoms. The molecule has 0 fully saturated rings. The van der Waals surface area contributed by atoms with Crippen molar-refractivity contribution in [2.24, 2.45) is 7.05 Å². The Morgan fingerprint density at radius 3 is 2.72 bits per heavy atom. The van der Waals surface area contributed by atoms with Crippen molar-refractivity contribution < 1.29 is 9.47 Å². The van der Waals surface area contributed by atoms with Crippen LogP contribution in [0.4, 0.5) is 0 Å². The first-order valence-electron chi connectivity index (χ1n) is 5.40. The number of ether oxygens (including phenoxy) is 2. The zero-order chi connectivity index (χ0) is 13.0. The molecule has 2 rings (SSSR count). The van der Waals surface area contributed by atoms with Gasteiger partial charge in [-0.15, -0.1) is 0 Å². The van der Waals surface area contributed by atoms with Crippen molar-refractivity contribution in [1.82, 2.24) is 9.55 Å². The summed E-state index contributed by atoms with van der Waals surface area (Å²) in [6.07, 6.45) is 3.45. The Morgan fingerprint density at radius 2 is 2.11 bits per heavy atom. The van der Waals surface area contributed by atoms with Crippen LogP contribution in [0.5, 0.6) is 11.5 Å².